The summed E-state index contributed by atoms with van der Waals surface area (Å²) < 4.78 is 5.70. The number of carbonyl (C=O) groups excluding carboxylic acids is 2. The molecular formula is C22H29N3O3. The Balaban J connectivity index is 1.70. The molecule has 0 radical (unpaired) electrons. The summed E-state index contributed by atoms with van der Waals surface area (Å²) in [6, 6.07) is 15.2. The van der Waals surface area contributed by atoms with Crippen molar-refractivity contribution < 1.29 is 14.3 Å². The molecule has 2 aromatic rings. The van der Waals surface area contributed by atoms with Crippen LogP contribution in [-0.4, -0.2) is 24.0 Å². The van der Waals surface area contributed by atoms with Crippen molar-refractivity contribution in [2.75, 3.05) is 11.9 Å². The largest absolute Gasteiger partial charge is 0.493 e. The van der Waals surface area contributed by atoms with Gasteiger partial charge in [0, 0.05) is 18.7 Å². The summed E-state index contributed by atoms with van der Waals surface area (Å²) in [5.74, 6) is 0.584. The molecular weight excluding hydrogens is 354 g/mol. The number of hydrogen-bond acceptors (Lipinski definition) is 4. The van der Waals surface area contributed by atoms with Gasteiger partial charge in [-0.3, -0.25) is 9.59 Å². The molecule has 0 fully saturated rings. The quantitative estimate of drug-likeness (QED) is 0.580. The SMILES string of the molecule is Cc1ccccc1OCCCC(=O)Nc1ccc(CNC(=O)C(C)(C)N)cc1. The fraction of sp³-hybridized carbons (Fsp3) is 0.364. The van der Waals surface area contributed by atoms with E-state index in [9.17, 15) is 9.59 Å². The molecule has 6 heteroatoms. The van der Waals surface area contributed by atoms with Crippen molar-refractivity contribution >= 4 is 17.5 Å². The molecule has 2 rings (SSSR count). The first-order valence-electron chi connectivity index (χ1n) is 9.40. The number of hydrogen-bond donors (Lipinski definition) is 3. The third-order valence-corrected chi connectivity index (χ3v) is 4.18. The standard InChI is InChI=1S/C22H29N3O3/c1-16-7-4-5-8-19(16)28-14-6-9-20(26)25-18-12-10-17(11-13-18)15-24-21(27)22(2,3)23/h4-5,7-8,10-13H,6,9,14-15,23H2,1-3H3,(H,24,27)(H,25,26). The van der Waals surface area contributed by atoms with Crippen molar-refractivity contribution in [3.8, 4) is 5.75 Å². The number of ether oxygens (including phenoxy) is 1. The molecule has 0 atom stereocenters. The van der Waals surface area contributed by atoms with Crippen LogP contribution in [0.25, 0.3) is 0 Å². The molecule has 2 amide bonds. The van der Waals surface area contributed by atoms with E-state index < -0.39 is 5.54 Å². The van der Waals surface area contributed by atoms with E-state index in [1.54, 1.807) is 13.8 Å². The van der Waals surface area contributed by atoms with Crippen LogP contribution in [0.4, 0.5) is 5.69 Å². The molecule has 0 unspecified atom stereocenters. The minimum absolute atomic E-state index is 0.0562. The number of para-hydroxylation sites is 1. The van der Waals surface area contributed by atoms with Gasteiger partial charge in [-0.1, -0.05) is 30.3 Å². The van der Waals surface area contributed by atoms with Crippen LogP contribution < -0.4 is 21.1 Å². The lowest BCUT2D eigenvalue weighted by Gasteiger charge is -2.17. The topological polar surface area (TPSA) is 93.5 Å². The maximum Gasteiger partial charge on any atom is 0.239 e. The van der Waals surface area contributed by atoms with Gasteiger partial charge in [0.05, 0.1) is 12.1 Å². The summed E-state index contributed by atoms with van der Waals surface area (Å²) in [5.41, 5.74) is 7.57. The molecule has 2 aromatic carbocycles. The fourth-order valence-electron chi connectivity index (χ4n) is 2.47. The van der Waals surface area contributed by atoms with Gasteiger partial charge in [-0.15, -0.1) is 0 Å². The van der Waals surface area contributed by atoms with Crippen molar-refractivity contribution in [3.05, 3.63) is 59.7 Å². The van der Waals surface area contributed by atoms with E-state index in [0.29, 0.717) is 26.0 Å². The zero-order valence-corrected chi connectivity index (χ0v) is 16.7. The number of nitrogens with one attached hydrogen (secondary N) is 2. The molecule has 0 saturated heterocycles. The lowest BCUT2D eigenvalue weighted by atomic mass is 10.1. The Morgan fingerprint density at radius 1 is 1.07 bits per heavy atom. The number of rotatable bonds is 9. The van der Waals surface area contributed by atoms with E-state index in [4.69, 9.17) is 10.5 Å². The molecule has 6 nitrogen and oxygen atoms in total. The molecule has 150 valence electrons. The van der Waals surface area contributed by atoms with Gasteiger partial charge < -0.3 is 21.1 Å². The molecule has 0 aliphatic heterocycles. The Morgan fingerprint density at radius 3 is 2.39 bits per heavy atom. The predicted octanol–water partition coefficient (Wildman–Crippen LogP) is 3.15. The fourth-order valence-corrected chi connectivity index (χ4v) is 2.47. The van der Waals surface area contributed by atoms with Crippen LogP contribution in [0.2, 0.25) is 0 Å². The average Bonchev–Trinajstić information content (AvgIpc) is 2.65. The smallest absolute Gasteiger partial charge is 0.239 e. The van der Waals surface area contributed by atoms with Crippen LogP contribution in [0.1, 0.15) is 37.8 Å². The highest BCUT2D eigenvalue weighted by atomic mass is 16.5. The van der Waals surface area contributed by atoms with Gasteiger partial charge in [0.25, 0.3) is 0 Å². The molecule has 0 aliphatic carbocycles. The Labute approximate surface area is 166 Å². The highest BCUT2D eigenvalue weighted by Crippen LogP contribution is 2.16. The lowest BCUT2D eigenvalue weighted by molar-refractivity contribution is -0.125. The monoisotopic (exact) mass is 383 g/mol. The third-order valence-electron chi connectivity index (χ3n) is 4.18. The highest BCUT2D eigenvalue weighted by molar-refractivity contribution is 5.90. The van der Waals surface area contributed by atoms with E-state index in [0.717, 1.165) is 22.6 Å². The van der Waals surface area contributed by atoms with Crippen molar-refractivity contribution in [1.82, 2.24) is 5.32 Å². The lowest BCUT2D eigenvalue weighted by Crippen LogP contribution is -2.48. The summed E-state index contributed by atoms with van der Waals surface area (Å²) in [4.78, 5) is 23.8. The highest BCUT2D eigenvalue weighted by Gasteiger charge is 2.20. The number of benzene rings is 2. The second-order valence-electron chi connectivity index (χ2n) is 7.37. The maximum absolute atomic E-state index is 12.1. The second-order valence-corrected chi connectivity index (χ2v) is 7.37. The zero-order valence-electron chi connectivity index (χ0n) is 16.7. The number of amides is 2. The molecule has 0 aromatic heterocycles. The van der Waals surface area contributed by atoms with Gasteiger partial charge in [0.1, 0.15) is 5.75 Å². The van der Waals surface area contributed by atoms with Crippen LogP contribution in [0, 0.1) is 6.92 Å². The Morgan fingerprint density at radius 2 is 1.75 bits per heavy atom. The van der Waals surface area contributed by atoms with Gasteiger partial charge in [-0.2, -0.15) is 0 Å². The van der Waals surface area contributed by atoms with Gasteiger partial charge in [0.15, 0.2) is 0 Å². The number of anilines is 1. The molecule has 0 saturated carbocycles. The normalized spacial score (nSPS) is 11.0. The number of carbonyl (C=O) groups is 2. The molecule has 28 heavy (non-hydrogen) atoms. The van der Waals surface area contributed by atoms with E-state index in [1.165, 1.54) is 0 Å². The first kappa shape index (κ1) is 21.4. The van der Waals surface area contributed by atoms with Crippen molar-refractivity contribution in [1.29, 1.82) is 0 Å². The van der Waals surface area contributed by atoms with Crippen LogP contribution in [0.15, 0.2) is 48.5 Å². The molecule has 0 spiro atoms. The Hall–Kier alpha value is -2.86. The predicted molar refractivity (Wildman–Crippen MR) is 111 cm³/mol. The van der Waals surface area contributed by atoms with Gasteiger partial charge in [-0.05, 0) is 56.5 Å². The Kier molecular flexibility index (Phi) is 7.58. The van der Waals surface area contributed by atoms with E-state index in [2.05, 4.69) is 10.6 Å². The van der Waals surface area contributed by atoms with Crippen LogP contribution in [0.5, 0.6) is 5.75 Å². The van der Waals surface area contributed by atoms with Gasteiger partial charge in [-0.25, -0.2) is 0 Å². The zero-order chi connectivity index (χ0) is 20.6. The molecule has 0 bridgehead atoms. The first-order valence-corrected chi connectivity index (χ1v) is 9.40. The summed E-state index contributed by atoms with van der Waals surface area (Å²) in [5, 5.41) is 5.65. The summed E-state index contributed by atoms with van der Waals surface area (Å²) >= 11 is 0. The molecule has 0 heterocycles. The van der Waals surface area contributed by atoms with Crippen LogP contribution in [0.3, 0.4) is 0 Å². The van der Waals surface area contributed by atoms with Gasteiger partial charge in [0.2, 0.25) is 11.8 Å². The van der Waals surface area contributed by atoms with Crippen LogP contribution in [-0.2, 0) is 16.1 Å². The summed E-state index contributed by atoms with van der Waals surface area (Å²) in [6.07, 6.45) is 1.02. The summed E-state index contributed by atoms with van der Waals surface area (Å²) in [7, 11) is 0. The van der Waals surface area contributed by atoms with Crippen molar-refractivity contribution in [2.45, 2.75) is 45.7 Å². The molecule has 4 N–H and O–H groups in total. The van der Waals surface area contributed by atoms with E-state index in [1.807, 2.05) is 55.5 Å². The Bertz CT molecular complexity index is 795. The van der Waals surface area contributed by atoms with Crippen LogP contribution >= 0.6 is 0 Å². The van der Waals surface area contributed by atoms with E-state index in [-0.39, 0.29) is 11.8 Å². The van der Waals surface area contributed by atoms with Crippen molar-refractivity contribution in [3.63, 3.8) is 0 Å². The van der Waals surface area contributed by atoms with Crippen molar-refractivity contribution in [2.24, 2.45) is 5.73 Å². The number of nitrogens with two attached hydrogens (primary N) is 1. The first-order chi connectivity index (χ1) is 13.3. The third kappa shape index (κ3) is 7.04. The van der Waals surface area contributed by atoms with E-state index >= 15 is 0 Å². The minimum Gasteiger partial charge on any atom is -0.493 e. The molecule has 0 aliphatic rings. The maximum atomic E-state index is 12.1. The van der Waals surface area contributed by atoms with Gasteiger partial charge >= 0.3 is 0 Å². The number of aryl methyl sites for hydroxylation is 1. The average molecular weight is 383 g/mol. The minimum atomic E-state index is -0.906. The second kappa shape index (κ2) is 9.90. The summed E-state index contributed by atoms with van der Waals surface area (Å²) in [6.45, 7) is 6.20.